The van der Waals surface area contributed by atoms with Gasteiger partial charge in [0.2, 0.25) is 0 Å². The Hall–Kier alpha value is -3.81. The van der Waals surface area contributed by atoms with Crippen molar-refractivity contribution in [1.29, 1.82) is 0 Å². The summed E-state index contributed by atoms with van der Waals surface area (Å²) in [5.41, 5.74) is 6.61. The van der Waals surface area contributed by atoms with Gasteiger partial charge in [0.15, 0.2) is 5.65 Å². The van der Waals surface area contributed by atoms with Gasteiger partial charge in [-0.1, -0.05) is 29.8 Å². The summed E-state index contributed by atoms with van der Waals surface area (Å²) >= 11 is 6.56. The third kappa shape index (κ3) is 4.68. The Morgan fingerprint density at radius 1 is 1.03 bits per heavy atom. The van der Waals surface area contributed by atoms with E-state index in [2.05, 4.69) is 27.3 Å². The first-order valence-corrected chi connectivity index (χ1v) is 13.0. The van der Waals surface area contributed by atoms with E-state index in [0.29, 0.717) is 17.1 Å². The quantitative estimate of drug-likeness (QED) is 0.331. The molecule has 0 saturated carbocycles. The standard InChI is InChI=1S/C29H27ClN6O/c1-19-28(22-7-9-25-20(17-22)5-4-12-31-25)36-27(33-19)11-10-26(34-36)21-6-8-23(24(30)18-21)29(37)32-13-16-35-14-2-3-15-35/h4-12,17-18H,2-3,13-16H2,1H3,(H,32,37). The lowest BCUT2D eigenvalue weighted by molar-refractivity contribution is 0.0950. The van der Waals surface area contributed by atoms with Crippen molar-refractivity contribution in [2.75, 3.05) is 26.2 Å². The minimum atomic E-state index is -0.155. The van der Waals surface area contributed by atoms with Gasteiger partial charge >= 0.3 is 0 Å². The Bertz CT molecular complexity index is 1620. The van der Waals surface area contributed by atoms with E-state index in [1.54, 1.807) is 18.3 Å². The number of amides is 1. The molecule has 8 heteroatoms. The summed E-state index contributed by atoms with van der Waals surface area (Å²) in [6.45, 7) is 5.69. The lowest BCUT2D eigenvalue weighted by Crippen LogP contribution is -2.33. The van der Waals surface area contributed by atoms with Crippen LogP contribution < -0.4 is 5.32 Å². The Morgan fingerprint density at radius 3 is 2.70 bits per heavy atom. The van der Waals surface area contributed by atoms with Crippen LogP contribution in [0.25, 0.3) is 39.1 Å². The molecule has 2 aromatic carbocycles. The number of aromatic nitrogens is 4. The molecular weight excluding hydrogens is 484 g/mol. The minimum absolute atomic E-state index is 0.155. The van der Waals surface area contributed by atoms with Gasteiger partial charge in [-0.3, -0.25) is 9.78 Å². The zero-order chi connectivity index (χ0) is 25.4. The van der Waals surface area contributed by atoms with Crippen molar-refractivity contribution in [3.05, 3.63) is 83.1 Å². The molecule has 6 rings (SSSR count). The van der Waals surface area contributed by atoms with Crippen molar-refractivity contribution in [3.63, 3.8) is 0 Å². The fraction of sp³-hybridized carbons (Fsp3) is 0.241. The number of aryl methyl sites for hydroxylation is 1. The maximum absolute atomic E-state index is 12.7. The summed E-state index contributed by atoms with van der Waals surface area (Å²) in [4.78, 5) is 24.2. The first-order chi connectivity index (χ1) is 18.1. The maximum Gasteiger partial charge on any atom is 0.252 e. The van der Waals surface area contributed by atoms with Gasteiger partial charge in [0, 0.05) is 35.8 Å². The summed E-state index contributed by atoms with van der Waals surface area (Å²) in [5, 5.41) is 9.37. The molecule has 1 aliphatic heterocycles. The lowest BCUT2D eigenvalue weighted by atomic mass is 10.1. The number of imidazole rings is 1. The van der Waals surface area contributed by atoms with Crippen molar-refractivity contribution >= 4 is 34.1 Å². The van der Waals surface area contributed by atoms with E-state index >= 15 is 0 Å². The predicted octanol–water partition coefficient (Wildman–Crippen LogP) is 5.40. The van der Waals surface area contributed by atoms with Gasteiger partial charge in [-0.05, 0) is 75.3 Å². The number of pyridine rings is 1. The molecule has 1 saturated heterocycles. The maximum atomic E-state index is 12.7. The van der Waals surface area contributed by atoms with Crippen LogP contribution in [-0.4, -0.2) is 56.6 Å². The number of nitrogens with zero attached hydrogens (tertiary/aromatic N) is 5. The second-order valence-corrected chi connectivity index (χ2v) is 9.85. The average molecular weight is 511 g/mol. The van der Waals surface area contributed by atoms with Gasteiger partial charge in [-0.25, -0.2) is 9.50 Å². The van der Waals surface area contributed by atoms with Crippen molar-refractivity contribution in [1.82, 2.24) is 29.8 Å². The van der Waals surface area contributed by atoms with E-state index in [9.17, 15) is 4.79 Å². The number of carbonyl (C=O) groups is 1. The summed E-state index contributed by atoms with van der Waals surface area (Å²) in [6.07, 6.45) is 4.27. The normalized spacial score (nSPS) is 14.0. The fourth-order valence-corrected chi connectivity index (χ4v) is 5.31. The van der Waals surface area contributed by atoms with Gasteiger partial charge in [0.1, 0.15) is 0 Å². The summed E-state index contributed by atoms with van der Waals surface area (Å²) < 4.78 is 1.87. The first kappa shape index (κ1) is 23.6. The van der Waals surface area contributed by atoms with Crippen LogP contribution in [-0.2, 0) is 0 Å². The van der Waals surface area contributed by atoms with E-state index in [0.717, 1.165) is 64.4 Å². The van der Waals surface area contributed by atoms with Gasteiger partial charge in [-0.2, -0.15) is 5.10 Å². The summed E-state index contributed by atoms with van der Waals surface area (Å²) in [6, 6.07) is 19.5. The molecule has 0 unspecified atom stereocenters. The molecule has 3 aromatic heterocycles. The third-order valence-electron chi connectivity index (χ3n) is 6.95. The van der Waals surface area contributed by atoms with Crippen LogP contribution in [0.4, 0.5) is 0 Å². The molecule has 0 atom stereocenters. The largest absolute Gasteiger partial charge is 0.351 e. The number of nitrogens with one attached hydrogen (secondary N) is 1. The van der Waals surface area contributed by atoms with Crippen LogP contribution in [0.1, 0.15) is 28.9 Å². The van der Waals surface area contributed by atoms with Crippen LogP contribution >= 0.6 is 11.6 Å². The summed E-state index contributed by atoms with van der Waals surface area (Å²) in [5.74, 6) is -0.155. The molecule has 0 radical (unpaired) electrons. The molecule has 5 aromatic rings. The Balaban J connectivity index is 1.28. The van der Waals surface area contributed by atoms with E-state index in [-0.39, 0.29) is 5.91 Å². The monoisotopic (exact) mass is 510 g/mol. The topological polar surface area (TPSA) is 75.4 Å². The molecule has 1 fully saturated rings. The lowest BCUT2D eigenvalue weighted by Gasteiger charge is -2.15. The molecule has 4 heterocycles. The molecule has 1 aliphatic rings. The number of halogens is 1. The summed E-state index contributed by atoms with van der Waals surface area (Å²) in [7, 11) is 0. The highest BCUT2D eigenvalue weighted by atomic mass is 35.5. The van der Waals surface area contributed by atoms with E-state index in [1.807, 2.05) is 47.8 Å². The number of hydrogen-bond donors (Lipinski definition) is 1. The number of rotatable bonds is 6. The second-order valence-electron chi connectivity index (χ2n) is 9.44. The SMILES string of the molecule is Cc1nc2ccc(-c3ccc(C(=O)NCCN4CCCC4)c(Cl)c3)nn2c1-c1ccc2ncccc2c1. The highest BCUT2D eigenvalue weighted by Crippen LogP contribution is 2.29. The number of carbonyl (C=O) groups excluding carboxylic acids is 1. The van der Waals surface area contributed by atoms with Gasteiger partial charge in [-0.15, -0.1) is 0 Å². The molecule has 37 heavy (non-hydrogen) atoms. The Kier molecular flexibility index (Phi) is 6.32. The van der Waals surface area contributed by atoms with Crippen molar-refractivity contribution in [2.24, 2.45) is 0 Å². The highest BCUT2D eigenvalue weighted by Gasteiger charge is 2.17. The van der Waals surface area contributed by atoms with Gasteiger partial charge in [0.25, 0.3) is 5.91 Å². The molecule has 186 valence electrons. The van der Waals surface area contributed by atoms with Gasteiger partial charge < -0.3 is 10.2 Å². The number of hydrogen-bond acceptors (Lipinski definition) is 5. The van der Waals surface area contributed by atoms with Crippen LogP contribution in [0.15, 0.2) is 66.9 Å². The minimum Gasteiger partial charge on any atom is -0.351 e. The van der Waals surface area contributed by atoms with E-state index in [1.165, 1.54) is 12.8 Å². The molecule has 0 aliphatic carbocycles. The zero-order valence-corrected chi connectivity index (χ0v) is 21.4. The van der Waals surface area contributed by atoms with Crippen molar-refractivity contribution < 1.29 is 4.79 Å². The molecule has 7 nitrogen and oxygen atoms in total. The smallest absolute Gasteiger partial charge is 0.252 e. The van der Waals surface area contributed by atoms with Crippen molar-refractivity contribution in [3.8, 4) is 22.5 Å². The average Bonchev–Trinajstić information content (AvgIpc) is 3.54. The Labute approximate surface area is 220 Å². The molecule has 1 N–H and O–H groups in total. The highest BCUT2D eigenvalue weighted by molar-refractivity contribution is 6.34. The van der Waals surface area contributed by atoms with Crippen LogP contribution in [0, 0.1) is 6.92 Å². The number of likely N-dealkylation sites (tertiary alicyclic amines) is 1. The molecule has 0 spiro atoms. The fourth-order valence-electron chi connectivity index (χ4n) is 5.04. The van der Waals surface area contributed by atoms with Crippen LogP contribution in [0.3, 0.4) is 0 Å². The Morgan fingerprint density at radius 2 is 1.86 bits per heavy atom. The zero-order valence-electron chi connectivity index (χ0n) is 20.6. The third-order valence-corrected chi connectivity index (χ3v) is 7.26. The number of benzene rings is 2. The second kappa shape index (κ2) is 9.92. The first-order valence-electron chi connectivity index (χ1n) is 12.6. The predicted molar refractivity (Wildman–Crippen MR) is 147 cm³/mol. The van der Waals surface area contributed by atoms with Gasteiger partial charge in [0.05, 0.1) is 33.2 Å². The molecule has 1 amide bonds. The van der Waals surface area contributed by atoms with Crippen LogP contribution in [0.5, 0.6) is 0 Å². The van der Waals surface area contributed by atoms with Crippen molar-refractivity contribution in [2.45, 2.75) is 19.8 Å². The number of fused-ring (bicyclic) bond motifs is 2. The molecular formula is C29H27ClN6O. The van der Waals surface area contributed by atoms with E-state index < -0.39 is 0 Å². The van der Waals surface area contributed by atoms with Crippen LogP contribution in [0.2, 0.25) is 5.02 Å². The van der Waals surface area contributed by atoms with E-state index in [4.69, 9.17) is 21.7 Å². The molecule has 0 bridgehead atoms.